The fourth-order valence-electron chi connectivity index (χ4n) is 0.599. The highest BCUT2D eigenvalue weighted by Gasteiger charge is 2.30. The zero-order valence-electron chi connectivity index (χ0n) is 6.67. The third-order valence-electron chi connectivity index (χ3n) is 1.17. The van der Waals surface area contributed by atoms with Gasteiger partial charge in [-0.1, -0.05) is 29.8 Å². The van der Waals surface area contributed by atoms with E-state index < -0.39 is 10.5 Å². The summed E-state index contributed by atoms with van der Waals surface area (Å²) in [6.07, 6.45) is 5.30. The summed E-state index contributed by atoms with van der Waals surface area (Å²) >= 11 is 11.0. The Labute approximate surface area is 81.5 Å². The average molecular weight is 213 g/mol. The largest absolute Gasteiger partial charge is 0.392 e. The fourth-order valence-corrected chi connectivity index (χ4v) is 0.979. The van der Waals surface area contributed by atoms with Crippen LogP contribution in [0.2, 0.25) is 0 Å². The number of hydrogen-bond acceptors (Lipinski definition) is 1. The first-order valence-corrected chi connectivity index (χ1v) is 4.29. The van der Waals surface area contributed by atoms with Crippen molar-refractivity contribution in [3.8, 4) is 0 Å². The summed E-state index contributed by atoms with van der Waals surface area (Å²) < 4.78 is 13.2. The predicted molar refractivity (Wildman–Crippen MR) is 50.4 cm³/mol. The number of alkyl halides is 3. The molecule has 2 unspecified atom stereocenters. The van der Waals surface area contributed by atoms with E-state index in [9.17, 15) is 4.39 Å². The first-order valence-electron chi connectivity index (χ1n) is 3.48. The lowest BCUT2D eigenvalue weighted by Gasteiger charge is -2.16. The smallest absolute Gasteiger partial charge is 0.221 e. The van der Waals surface area contributed by atoms with Gasteiger partial charge in [0.1, 0.15) is 5.38 Å². The Balaban J connectivity index is 4.27. The van der Waals surface area contributed by atoms with Crippen LogP contribution in [0.1, 0.15) is 6.92 Å². The van der Waals surface area contributed by atoms with Crippen LogP contribution in [0, 0.1) is 0 Å². The number of hydrogen-bond donors (Lipinski definition) is 1. The zero-order valence-corrected chi connectivity index (χ0v) is 8.19. The second kappa shape index (κ2) is 5.57. The number of allylic oxidation sites excluding steroid dienone is 3. The summed E-state index contributed by atoms with van der Waals surface area (Å²) in [4.78, 5) is 0. The molecule has 0 aliphatic rings. The SMILES string of the molecule is C/C=C\C(Cl)C(F)(Cl)/C=C/CO. The summed E-state index contributed by atoms with van der Waals surface area (Å²) in [5.74, 6) is 0. The Bertz CT molecular complexity index is 178. The highest BCUT2D eigenvalue weighted by atomic mass is 35.5. The molecule has 4 heteroatoms. The predicted octanol–water partition coefficient (Wildman–Crippen LogP) is 2.62. The summed E-state index contributed by atoms with van der Waals surface area (Å²) in [5, 5.41) is 5.32. The Morgan fingerprint density at radius 1 is 1.67 bits per heavy atom. The van der Waals surface area contributed by atoms with E-state index in [1.807, 2.05) is 0 Å². The lowest BCUT2D eigenvalue weighted by molar-refractivity contribution is 0.330. The quantitative estimate of drug-likeness (QED) is 0.562. The summed E-state index contributed by atoms with van der Waals surface area (Å²) in [5.41, 5.74) is 0. The van der Waals surface area contributed by atoms with E-state index >= 15 is 0 Å². The van der Waals surface area contributed by atoms with Crippen LogP contribution >= 0.6 is 23.2 Å². The van der Waals surface area contributed by atoms with Crippen LogP contribution in [-0.4, -0.2) is 22.2 Å². The summed E-state index contributed by atoms with van der Waals surface area (Å²) in [6.45, 7) is 1.47. The number of aliphatic hydroxyl groups is 1. The van der Waals surface area contributed by atoms with Crippen molar-refractivity contribution in [2.45, 2.75) is 17.4 Å². The molecular formula is C8H11Cl2FO. The van der Waals surface area contributed by atoms with Gasteiger partial charge in [0.25, 0.3) is 0 Å². The molecular weight excluding hydrogens is 202 g/mol. The second-order valence-electron chi connectivity index (χ2n) is 2.19. The third kappa shape index (κ3) is 4.10. The highest BCUT2D eigenvalue weighted by Crippen LogP contribution is 2.28. The zero-order chi connectivity index (χ0) is 9.61. The topological polar surface area (TPSA) is 20.2 Å². The molecule has 0 radical (unpaired) electrons. The van der Waals surface area contributed by atoms with Gasteiger partial charge < -0.3 is 5.11 Å². The van der Waals surface area contributed by atoms with Crippen molar-refractivity contribution < 1.29 is 9.50 Å². The molecule has 0 aromatic heterocycles. The molecule has 0 fully saturated rings. The lowest BCUT2D eigenvalue weighted by Crippen LogP contribution is -2.23. The summed E-state index contributed by atoms with van der Waals surface area (Å²) in [6, 6.07) is 0. The minimum atomic E-state index is -2.13. The van der Waals surface area contributed by atoms with Gasteiger partial charge in [-0.2, -0.15) is 0 Å². The van der Waals surface area contributed by atoms with Crippen LogP contribution < -0.4 is 0 Å². The molecule has 70 valence electrons. The first-order chi connectivity index (χ1) is 5.54. The van der Waals surface area contributed by atoms with Gasteiger partial charge >= 0.3 is 0 Å². The maximum absolute atomic E-state index is 13.2. The third-order valence-corrected chi connectivity index (χ3v) is 2.11. The van der Waals surface area contributed by atoms with Crippen LogP contribution in [0.3, 0.4) is 0 Å². The second-order valence-corrected chi connectivity index (χ2v) is 3.24. The van der Waals surface area contributed by atoms with Crippen molar-refractivity contribution in [3.63, 3.8) is 0 Å². The average Bonchev–Trinajstić information content (AvgIpc) is 2.01. The Morgan fingerprint density at radius 2 is 2.25 bits per heavy atom. The van der Waals surface area contributed by atoms with Gasteiger partial charge in [0, 0.05) is 0 Å². The minimum Gasteiger partial charge on any atom is -0.392 e. The van der Waals surface area contributed by atoms with E-state index in [0.717, 1.165) is 6.08 Å². The van der Waals surface area contributed by atoms with Gasteiger partial charge in [-0.3, -0.25) is 0 Å². The molecule has 12 heavy (non-hydrogen) atoms. The van der Waals surface area contributed by atoms with E-state index in [1.165, 1.54) is 12.2 Å². The molecule has 0 aromatic carbocycles. The van der Waals surface area contributed by atoms with Crippen molar-refractivity contribution in [1.82, 2.24) is 0 Å². The van der Waals surface area contributed by atoms with Gasteiger partial charge in [-0.15, -0.1) is 11.6 Å². The molecule has 0 amide bonds. The molecule has 0 aromatic rings. The van der Waals surface area contributed by atoms with E-state index in [2.05, 4.69) is 0 Å². The van der Waals surface area contributed by atoms with Crippen LogP contribution in [0.4, 0.5) is 4.39 Å². The van der Waals surface area contributed by atoms with Gasteiger partial charge in [-0.05, 0) is 13.0 Å². The standard InChI is InChI=1S/C8H11Cl2FO/c1-2-4-7(9)8(10,11)5-3-6-12/h2-5,7,12H,6H2,1H3/b4-2-,5-3+. The van der Waals surface area contributed by atoms with E-state index in [0.29, 0.717) is 0 Å². The maximum atomic E-state index is 13.2. The molecule has 0 spiro atoms. The Hall–Kier alpha value is -0.0500. The molecule has 0 saturated heterocycles. The van der Waals surface area contributed by atoms with Crippen LogP contribution in [0.5, 0.6) is 0 Å². The molecule has 0 heterocycles. The van der Waals surface area contributed by atoms with Crippen LogP contribution in [-0.2, 0) is 0 Å². The Morgan fingerprint density at radius 3 is 2.67 bits per heavy atom. The summed E-state index contributed by atoms with van der Waals surface area (Å²) in [7, 11) is 0. The lowest BCUT2D eigenvalue weighted by atomic mass is 10.2. The first kappa shape index (κ1) is 11.9. The minimum absolute atomic E-state index is 0.252. The number of rotatable bonds is 4. The van der Waals surface area contributed by atoms with Gasteiger partial charge in [0.15, 0.2) is 0 Å². The van der Waals surface area contributed by atoms with Gasteiger partial charge in [0.2, 0.25) is 5.13 Å². The van der Waals surface area contributed by atoms with E-state index in [4.69, 9.17) is 28.3 Å². The molecule has 0 rings (SSSR count). The van der Waals surface area contributed by atoms with Crippen molar-refractivity contribution in [3.05, 3.63) is 24.3 Å². The highest BCUT2D eigenvalue weighted by molar-refractivity contribution is 6.33. The molecule has 0 aliphatic heterocycles. The molecule has 0 bridgehead atoms. The molecule has 0 aliphatic carbocycles. The molecule has 2 atom stereocenters. The molecule has 0 saturated carbocycles. The van der Waals surface area contributed by atoms with Crippen molar-refractivity contribution in [1.29, 1.82) is 0 Å². The monoisotopic (exact) mass is 212 g/mol. The normalized spacial score (nSPS) is 20.1. The van der Waals surface area contributed by atoms with Crippen molar-refractivity contribution >= 4 is 23.2 Å². The number of aliphatic hydroxyl groups excluding tert-OH is 1. The maximum Gasteiger partial charge on any atom is 0.221 e. The number of halogens is 3. The molecule has 1 nitrogen and oxygen atoms in total. The van der Waals surface area contributed by atoms with Crippen LogP contribution in [0.25, 0.3) is 0 Å². The van der Waals surface area contributed by atoms with Gasteiger partial charge in [0.05, 0.1) is 6.61 Å². The fraction of sp³-hybridized carbons (Fsp3) is 0.500. The van der Waals surface area contributed by atoms with E-state index in [-0.39, 0.29) is 6.61 Å². The van der Waals surface area contributed by atoms with E-state index in [1.54, 1.807) is 13.0 Å². The Kier molecular flexibility index (Phi) is 5.55. The van der Waals surface area contributed by atoms with Crippen molar-refractivity contribution in [2.24, 2.45) is 0 Å². The van der Waals surface area contributed by atoms with Crippen molar-refractivity contribution in [2.75, 3.05) is 6.61 Å². The molecule has 1 N–H and O–H groups in total. The van der Waals surface area contributed by atoms with Gasteiger partial charge in [-0.25, -0.2) is 4.39 Å². The van der Waals surface area contributed by atoms with Crippen LogP contribution in [0.15, 0.2) is 24.3 Å².